The number of aryl methyl sites for hydroxylation is 1. The van der Waals surface area contributed by atoms with Gasteiger partial charge >= 0.3 is 0 Å². The molecule has 1 aromatic heterocycles. The maximum absolute atomic E-state index is 11.4. The Labute approximate surface area is 120 Å². The molecule has 2 unspecified atom stereocenters. The van der Waals surface area contributed by atoms with E-state index in [1.54, 1.807) is 6.07 Å². The topological polar surface area (TPSA) is 71.2 Å². The number of amides is 1. The van der Waals surface area contributed by atoms with Crippen LogP contribution in [-0.4, -0.2) is 36.1 Å². The monoisotopic (exact) mass is 276 g/mol. The largest absolute Gasteiger partial charge is 0.366 e. The van der Waals surface area contributed by atoms with Gasteiger partial charge in [-0.3, -0.25) is 4.79 Å². The molecule has 0 saturated carbocycles. The van der Waals surface area contributed by atoms with Gasteiger partial charge in [0.25, 0.3) is 0 Å². The number of carbonyl (C=O) groups is 1. The number of anilines is 1. The van der Waals surface area contributed by atoms with Crippen LogP contribution in [0.1, 0.15) is 42.7 Å². The second-order valence-electron chi connectivity index (χ2n) is 5.45. The van der Waals surface area contributed by atoms with Crippen molar-refractivity contribution in [3.63, 3.8) is 0 Å². The van der Waals surface area contributed by atoms with E-state index in [0.29, 0.717) is 17.6 Å². The Morgan fingerprint density at radius 1 is 1.45 bits per heavy atom. The Hall–Kier alpha value is -1.62. The highest BCUT2D eigenvalue weighted by atomic mass is 16.1. The van der Waals surface area contributed by atoms with Crippen molar-refractivity contribution in [2.75, 3.05) is 18.0 Å². The maximum atomic E-state index is 11.4. The number of hydrogen-bond donors (Lipinski definition) is 2. The third-order valence-electron chi connectivity index (χ3n) is 3.98. The average Bonchev–Trinajstić information content (AvgIpc) is 2.45. The molecule has 0 aromatic carbocycles. The molecule has 2 atom stereocenters. The summed E-state index contributed by atoms with van der Waals surface area (Å²) in [6.45, 7) is 8.13. The number of hydrogen-bond acceptors (Lipinski definition) is 4. The standard InChI is InChI=1S/C15H24N4O/c1-4-12-9-19(13(5-2)8-17-12)14-7-11(15(16)20)6-10(3)18-14/h6-7,12-13,17H,4-5,8-9H2,1-3H3,(H2,16,20). The molecular weight excluding hydrogens is 252 g/mol. The fourth-order valence-corrected chi connectivity index (χ4v) is 2.72. The van der Waals surface area contributed by atoms with Crippen LogP contribution >= 0.6 is 0 Å². The van der Waals surface area contributed by atoms with Gasteiger partial charge in [0.15, 0.2) is 0 Å². The Morgan fingerprint density at radius 3 is 2.80 bits per heavy atom. The van der Waals surface area contributed by atoms with E-state index < -0.39 is 5.91 Å². The van der Waals surface area contributed by atoms with Crippen molar-refractivity contribution < 1.29 is 4.79 Å². The first-order valence-electron chi connectivity index (χ1n) is 7.33. The molecule has 0 bridgehead atoms. The zero-order valence-electron chi connectivity index (χ0n) is 12.5. The first-order chi connectivity index (χ1) is 9.55. The molecule has 2 rings (SSSR count). The highest BCUT2D eigenvalue weighted by Gasteiger charge is 2.27. The van der Waals surface area contributed by atoms with Crippen LogP contribution in [0, 0.1) is 6.92 Å². The summed E-state index contributed by atoms with van der Waals surface area (Å²) < 4.78 is 0. The van der Waals surface area contributed by atoms with E-state index in [0.717, 1.165) is 37.4 Å². The van der Waals surface area contributed by atoms with E-state index in [-0.39, 0.29) is 0 Å². The first-order valence-corrected chi connectivity index (χ1v) is 7.33. The molecule has 1 aliphatic rings. The van der Waals surface area contributed by atoms with E-state index in [2.05, 4.69) is 29.0 Å². The molecule has 1 amide bonds. The lowest BCUT2D eigenvalue weighted by Gasteiger charge is -2.41. The average molecular weight is 276 g/mol. The maximum Gasteiger partial charge on any atom is 0.248 e. The third kappa shape index (κ3) is 3.10. The normalized spacial score (nSPS) is 22.9. The highest BCUT2D eigenvalue weighted by Crippen LogP contribution is 2.22. The van der Waals surface area contributed by atoms with Crippen LogP contribution in [0.3, 0.4) is 0 Å². The fraction of sp³-hybridized carbons (Fsp3) is 0.600. The van der Waals surface area contributed by atoms with Crippen molar-refractivity contribution >= 4 is 11.7 Å². The molecule has 1 saturated heterocycles. The van der Waals surface area contributed by atoms with Crippen LogP contribution < -0.4 is 16.0 Å². The summed E-state index contributed by atoms with van der Waals surface area (Å²) in [4.78, 5) is 18.3. The summed E-state index contributed by atoms with van der Waals surface area (Å²) in [7, 11) is 0. The summed E-state index contributed by atoms with van der Waals surface area (Å²) in [5.74, 6) is 0.470. The molecule has 3 N–H and O–H groups in total. The van der Waals surface area contributed by atoms with Crippen LogP contribution in [0.15, 0.2) is 12.1 Å². The molecule has 5 heteroatoms. The molecule has 110 valence electrons. The van der Waals surface area contributed by atoms with Crippen molar-refractivity contribution in [2.24, 2.45) is 5.73 Å². The molecule has 1 aromatic rings. The van der Waals surface area contributed by atoms with Crippen LogP contribution in [-0.2, 0) is 0 Å². The lowest BCUT2D eigenvalue weighted by molar-refractivity contribution is 0.1000. The number of aromatic nitrogens is 1. The molecule has 1 fully saturated rings. The summed E-state index contributed by atoms with van der Waals surface area (Å²) in [6, 6.07) is 4.44. The summed E-state index contributed by atoms with van der Waals surface area (Å²) in [5.41, 5.74) is 6.77. The Morgan fingerprint density at radius 2 is 2.20 bits per heavy atom. The fourth-order valence-electron chi connectivity index (χ4n) is 2.72. The molecule has 1 aliphatic heterocycles. The zero-order chi connectivity index (χ0) is 14.7. The van der Waals surface area contributed by atoms with Crippen molar-refractivity contribution in [1.82, 2.24) is 10.3 Å². The number of primary amides is 1. The van der Waals surface area contributed by atoms with Gasteiger partial charge in [0.2, 0.25) is 5.91 Å². The number of nitrogens with one attached hydrogen (secondary N) is 1. The highest BCUT2D eigenvalue weighted by molar-refractivity contribution is 5.93. The molecule has 20 heavy (non-hydrogen) atoms. The molecule has 0 aliphatic carbocycles. The number of rotatable bonds is 4. The summed E-state index contributed by atoms with van der Waals surface area (Å²) in [5, 5.41) is 3.56. The smallest absolute Gasteiger partial charge is 0.248 e. The number of carbonyl (C=O) groups excluding carboxylic acids is 1. The van der Waals surface area contributed by atoms with Crippen LogP contribution in [0.5, 0.6) is 0 Å². The van der Waals surface area contributed by atoms with Gasteiger partial charge < -0.3 is 16.0 Å². The van der Waals surface area contributed by atoms with Crippen molar-refractivity contribution in [2.45, 2.75) is 45.7 Å². The van der Waals surface area contributed by atoms with Crippen LogP contribution in [0.2, 0.25) is 0 Å². The van der Waals surface area contributed by atoms with E-state index in [9.17, 15) is 4.79 Å². The predicted molar refractivity (Wildman–Crippen MR) is 81.0 cm³/mol. The van der Waals surface area contributed by atoms with Gasteiger partial charge in [0, 0.05) is 36.4 Å². The molecular formula is C15H24N4O. The molecule has 5 nitrogen and oxygen atoms in total. The van der Waals surface area contributed by atoms with Gasteiger partial charge in [-0.15, -0.1) is 0 Å². The summed E-state index contributed by atoms with van der Waals surface area (Å²) in [6.07, 6.45) is 2.13. The lowest BCUT2D eigenvalue weighted by atomic mass is 10.0. The Bertz CT molecular complexity index is 489. The summed E-state index contributed by atoms with van der Waals surface area (Å²) >= 11 is 0. The van der Waals surface area contributed by atoms with Crippen molar-refractivity contribution in [3.05, 3.63) is 23.4 Å². The lowest BCUT2D eigenvalue weighted by Crippen LogP contribution is -2.56. The third-order valence-corrected chi connectivity index (χ3v) is 3.98. The van der Waals surface area contributed by atoms with E-state index in [1.165, 1.54) is 0 Å². The van der Waals surface area contributed by atoms with Gasteiger partial charge in [-0.25, -0.2) is 4.98 Å². The van der Waals surface area contributed by atoms with Gasteiger partial charge in [-0.05, 0) is 31.9 Å². The van der Waals surface area contributed by atoms with Crippen molar-refractivity contribution in [1.29, 1.82) is 0 Å². The van der Waals surface area contributed by atoms with Gasteiger partial charge in [-0.1, -0.05) is 13.8 Å². The molecule has 0 spiro atoms. The van der Waals surface area contributed by atoms with Gasteiger partial charge in [0.1, 0.15) is 5.82 Å². The quantitative estimate of drug-likeness (QED) is 0.873. The second kappa shape index (κ2) is 6.22. The van der Waals surface area contributed by atoms with E-state index >= 15 is 0 Å². The molecule has 2 heterocycles. The van der Waals surface area contributed by atoms with Gasteiger partial charge in [0.05, 0.1) is 0 Å². The molecule has 0 radical (unpaired) electrons. The first kappa shape index (κ1) is 14.8. The number of nitrogens with zero attached hydrogens (tertiary/aromatic N) is 2. The number of nitrogens with two attached hydrogens (primary N) is 1. The van der Waals surface area contributed by atoms with E-state index in [4.69, 9.17) is 5.73 Å². The number of pyridine rings is 1. The SMILES string of the molecule is CCC1CN(c2cc(C(N)=O)cc(C)n2)C(CC)CN1. The van der Waals surface area contributed by atoms with Crippen molar-refractivity contribution in [3.8, 4) is 0 Å². The number of piperazine rings is 1. The van der Waals surface area contributed by atoms with E-state index in [1.807, 2.05) is 13.0 Å². The van der Waals surface area contributed by atoms with Crippen LogP contribution in [0.25, 0.3) is 0 Å². The Balaban J connectivity index is 2.33. The minimum atomic E-state index is -0.396. The van der Waals surface area contributed by atoms with Crippen LogP contribution in [0.4, 0.5) is 5.82 Å². The second-order valence-corrected chi connectivity index (χ2v) is 5.45. The Kier molecular flexibility index (Phi) is 4.60. The minimum absolute atomic E-state index is 0.396. The minimum Gasteiger partial charge on any atom is -0.366 e. The zero-order valence-corrected chi connectivity index (χ0v) is 12.5. The predicted octanol–water partition coefficient (Wildman–Crippen LogP) is 1.46. The van der Waals surface area contributed by atoms with Gasteiger partial charge in [-0.2, -0.15) is 0 Å².